The number of rotatable bonds is 4. The van der Waals surface area contributed by atoms with Crippen LogP contribution in [-0.2, 0) is 11.3 Å². The van der Waals surface area contributed by atoms with Crippen LogP contribution in [0.3, 0.4) is 0 Å². The predicted octanol–water partition coefficient (Wildman–Crippen LogP) is 2.95. The molecule has 3 aromatic rings. The van der Waals surface area contributed by atoms with Gasteiger partial charge in [-0.3, -0.25) is 4.79 Å². The topological polar surface area (TPSA) is 64.7 Å². The molecule has 0 saturated carbocycles. The van der Waals surface area contributed by atoms with Gasteiger partial charge in [-0.2, -0.15) is 10.2 Å². The molecule has 0 radical (unpaired) electrons. The third-order valence-electron chi connectivity index (χ3n) is 4.37. The highest BCUT2D eigenvalue weighted by molar-refractivity contribution is 5.94. The lowest BCUT2D eigenvalue weighted by Gasteiger charge is -2.24. The van der Waals surface area contributed by atoms with Gasteiger partial charge in [0.05, 0.1) is 11.9 Å². The molecule has 0 bridgehead atoms. The smallest absolute Gasteiger partial charge is 0.226 e. The maximum atomic E-state index is 12.2. The first-order valence-corrected chi connectivity index (χ1v) is 8.22. The van der Waals surface area contributed by atoms with E-state index in [2.05, 4.69) is 34.6 Å². The average molecular weight is 321 g/mol. The van der Waals surface area contributed by atoms with Gasteiger partial charge in [0, 0.05) is 36.8 Å². The zero-order chi connectivity index (χ0) is 16.5. The third kappa shape index (κ3) is 2.50. The highest BCUT2D eigenvalue weighted by Crippen LogP contribution is 2.37. The minimum atomic E-state index is 0.0230. The Bertz CT molecular complexity index is 865. The van der Waals surface area contributed by atoms with Crippen LogP contribution < -0.4 is 5.32 Å². The summed E-state index contributed by atoms with van der Waals surface area (Å²) in [4.78, 5) is 12.2. The first-order valence-electron chi connectivity index (χ1n) is 8.22. The molecule has 1 N–H and O–H groups in total. The molecular formula is C18H19N5O. The average Bonchev–Trinajstić information content (AvgIpc) is 3.25. The van der Waals surface area contributed by atoms with Crippen molar-refractivity contribution in [1.82, 2.24) is 19.6 Å². The van der Waals surface area contributed by atoms with Crippen LogP contribution in [0, 0.1) is 0 Å². The molecule has 0 saturated heterocycles. The Morgan fingerprint density at radius 2 is 2.21 bits per heavy atom. The number of anilines is 1. The lowest BCUT2D eigenvalue weighted by molar-refractivity contribution is -0.116. The summed E-state index contributed by atoms with van der Waals surface area (Å²) < 4.78 is 3.71. The maximum Gasteiger partial charge on any atom is 0.226 e. The number of nitrogens with zero attached hydrogens (tertiary/aromatic N) is 4. The highest BCUT2D eigenvalue weighted by Gasteiger charge is 2.29. The molecule has 0 aliphatic carbocycles. The Labute approximate surface area is 140 Å². The summed E-state index contributed by atoms with van der Waals surface area (Å²) in [6, 6.07) is 10.1. The highest BCUT2D eigenvalue weighted by atomic mass is 16.1. The van der Waals surface area contributed by atoms with Crippen molar-refractivity contribution in [3.05, 3.63) is 60.0 Å². The first kappa shape index (κ1) is 14.7. The van der Waals surface area contributed by atoms with Crippen molar-refractivity contribution in [2.75, 3.05) is 5.32 Å². The number of benzene rings is 1. The Balaban J connectivity index is 1.75. The Morgan fingerprint density at radius 3 is 3.00 bits per heavy atom. The van der Waals surface area contributed by atoms with Gasteiger partial charge in [-0.1, -0.05) is 19.1 Å². The molecule has 1 amide bonds. The zero-order valence-corrected chi connectivity index (χ0v) is 13.5. The molecule has 1 atom stereocenters. The summed E-state index contributed by atoms with van der Waals surface area (Å²) in [5.74, 6) is 0.896. The van der Waals surface area contributed by atoms with Crippen LogP contribution in [0.5, 0.6) is 0 Å². The lowest BCUT2D eigenvalue weighted by atomic mass is 9.87. The molecule has 6 nitrogen and oxygen atoms in total. The van der Waals surface area contributed by atoms with Crippen LogP contribution in [0.25, 0.3) is 5.69 Å². The van der Waals surface area contributed by atoms with E-state index in [1.807, 2.05) is 40.0 Å². The van der Waals surface area contributed by atoms with E-state index >= 15 is 0 Å². The number of carbonyl (C=O) groups excluding carboxylic acids is 1. The van der Waals surface area contributed by atoms with Crippen molar-refractivity contribution in [2.45, 2.75) is 32.2 Å². The number of nitrogens with one attached hydrogen (secondary N) is 1. The fraction of sp³-hybridized carbons (Fsp3) is 0.278. The number of carbonyl (C=O) groups is 1. The second kappa shape index (κ2) is 5.96. The van der Waals surface area contributed by atoms with Crippen LogP contribution in [0.15, 0.2) is 48.9 Å². The van der Waals surface area contributed by atoms with Crippen molar-refractivity contribution in [3.8, 4) is 5.69 Å². The summed E-state index contributed by atoms with van der Waals surface area (Å²) >= 11 is 0. The van der Waals surface area contributed by atoms with Gasteiger partial charge >= 0.3 is 0 Å². The molecule has 2 aromatic heterocycles. The monoisotopic (exact) mass is 321 g/mol. The largest absolute Gasteiger partial charge is 0.311 e. The van der Waals surface area contributed by atoms with Crippen molar-refractivity contribution in [2.24, 2.45) is 0 Å². The van der Waals surface area contributed by atoms with Gasteiger partial charge in [-0.25, -0.2) is 9.36 Å². The minimum Gasteiger partial charge on any atom is -0.311 e. The fourth-order valence-corrected chi connectivity index (χ4v) is 3.25. The Kier molecular flexibility index (Phi) is 3.65. The number of aryl methyl sites for hydroxylation is 1. The van der Waals surface area contributed by atoms with E-state index in [-0.39, 0.29) is 11.8 Å². The number of fused-ring (bicyclic) bond motifs is 1. The summed E-state index contributed by atoms with van der Waals surface area (Å²) in [6.45, 7) is 2.90. The number of hydrogen-bond acceptors (Lipinski definition) is 3. The van der Waals surface area contributed by atoms with Gasteiger partial charge < -0.3 is 5.32 Å². The third-order valence-corrected chi connectivity index (χ3v) is 4.37. The Morgan fingerprint density at radius 1 is 1.29 bits per heavy atom. The summed E-state index contributed by atoms with van der Waals surface area (Å²) in [6.07, 6.45) is 6.97. The Hall–Kier alpha value is -2.89. The van der Waals surface area contributed by atoms with Crippen LogP contribution >= 0.6 is 0 Å². The fourth-order valence-electron chi connectivity index (χ4n) is 3.25. The molecule has 1 aliphatic rings. The number of amides is 1. The van der Waals surface area contributed by atoms with Gasteiger partial charge in [-0.15, -0.1) is 0 Å². The molecule has 6 heteroatoms. The van der Waals surface area contributed by atoms with Crippen LogP contribution in [0.4, 0.5) is 5.82 Å². The van der Waals surface area contributed by atoms with Gasteiger partial charge in [-0.05, 0) is 30.2 Å². The summed E-state index contributed by atoms with van der Waals surface area (Å²) in [7, 11) is 0. The molecule has 0 spiro atoms. The van der Waals surface area contributed by atoms with Crippen LogP contribution in [0.2, 0.25) is 0 Å². The van der Waals surface area contributed by atoms with Crippen molar-refractivity contribution < 1.29 is 4.79 Å². The van der Waals surface area contributed by atoms with Crippen LogP contribution in [-0.4, -0.2) is 25.5 Å². The van der Waals surface area contributed by atoms with E-state index in [0.717, 1.165) is 35.6 Å². The van der Waals surface area contributed by atoms with Gasteiger partial charge in [0.15, 0.2) is 0 Å². The van der Waals surface area contributed by atoms with E-state index in [9.17, 15) is 4.79 Å². The second-order valence-electron chi connectivity index (χ2n) is 6.02. The maximum absolute atomic E-state index is 12.2. The standard InChI is InChI=1S/C18H19N5O/c1-2-8-23-18-16(12-20-23)15(11-17(24)21-18)13-5-3-6-14(10-13)22-9-4-7-19-22/h3-7,9-10,12,15H,2,8,11H2,1H3,(H,21,24). The molecule has 0 fully saturated rings. The van der Waals surface area contributed by atoms with Crippen molar-refractivity contribution >= 4 is 11.7 Å². The van der Waals surface area contributed by atoms with Gasteiger partial charge in [0.25, 0.3) is 0 Å². The van der Waals surface area contributed by atoms with Crippen molar-refractivity contribution in [3.63, 3.8) is 0 Å². The number of hydrogen-bond donors (Lipinski definition) is 1. The first-order chi connectivity index (χ1) is 11.8. The van der Waals surface area contributed by atoms with E-state index in [1.165, 1.54) is 0 Å². The molecule has 1 aromatic carbocycles. The quantitative estimate of drug-likeness (QED) is 0.803. The summed E-state index contributed by atoms with van der Waals surface area (Å²) in [5, 5.41) is 11.7. The van der Waals surface area contributed by atoms with Gasteiger partial charge in [0.2, 0.25) is 5.91 Å². The predicted molar refractivity (Wildman–Crippen MR) is 91.2 cm³/mol. The molecule has 3 heterocycles. The summed E-state index contributed by atoms with van der Waals surface area (Å²) in [5.41, 5.74) is 3.18. The van der Waals surface area contributed by atoms with E-state index in [4.69, 9.17) is 0 Å². The molecule has 24 heavy (non-hydrogen) atoms. The zero-order valence-electron chi connectivity index (χ0n) is 13.5. The lowest BCUT2D eigenvalue weighted by Crippen LogP contribution is -2.25. The number of aromatic nitrogens is 4. The van der Waals surface area contributed by atoms with Crippen LogP contribution in [0.1, 0.15) is 36.8 Å². The molecule has 1 unspecified atom stereocenters. The SMILES string of the molecule is CCCn1ncc2c1NC(=O)CC2c1cccc(-n2cccn2)c1. The molecule has 1 aliphatic heterocycles. The van der Waals surface area contributed by atoms with Gasteiger partial charge in [0.1, 0.15) is 5.82 Å². The molecule has 122 valence electrons. The minimum absolute atomic E-state index is 0.0230. The molecular weight excluding hydrogens is 302 g/mol. The second-order valence-corrected chi connectivity index (χ2v) is 6.02. The van der Waals surface area contributed by atoms with E-state index < -0.39 is 0 Å². The normalized spacial score (nSPS) is 16.7. The van der Waals surface area contributed by atoms with Crippen molar-refractivity contribution in [1.29, 1.82) is 0 Å². The van der Waals surface area contributed by atoms with E-state index in [0.29, 0.717) is 6.42 Å². The van der Waals surface area contributed by atoms with E-state index in [1.54, 1.807) is 6.20 Å². The molecule has 4 rings (SSSR count).